The number of methoxy groups -OCH3 is 2. The van der Waals surface area contributed by atoms with Gasteiger partial charge in [-0.1, -0.05) is 0 Å². The molecule has 0 spiro atoms. The second-order valence-corrected chi connectivity index (χ2v) is 3.72. The van der Waals surface area contributed by atoms with Crippen LogP contribution in [0.15, 0.2) is 10.5 Å². The summed E-state index contributed by atoms with van der Waals surface area (Å²) in [7, 11) is 2.88. The van der Waals surface area contributed by atoms with Crippen molar-refractivity contribution in [3.63, 3.8) is 0 Å². The first-order valence-corrected chi connectivity index (χ1v) is 4.96. The maximum absolute atomic E-state index is 11.1. The Morgan fingerprint density at radius 2 is 2.00 bits per heavy atom. The Labute approximate surface area is 95.9 Å². The van der Waals surface area contributed by atoms with Gasteiger partial charge in [0, 0.05) is 4.47 Å². The molecule has 15 heavy (non-hydrogen) atoms. The zero-order valence-corrected chi connectivity index (χ0v) is 10.2. The third-order valence-electron chi connectivity index (χ3n) is 2.00. The highest BCUT2D eigenvalue weighted by molar-refractivity contribution is 9.10. The highest BCUT2D eigenvalue weighted by Crippen LogP contribution is 2.38. The molecule has 5 heteroatoms. The highest BCUT2D eigenvalue weighted by Gasteiger charge is 2.21. The topological polar surface area (TPSA) is 55.8 Å². The van der Waals surface area contributed by atoms with E-state index < -0.39 is 5.97 Å². The van der Waals surface area contributed by atoms with Crippen molar-refractivity contribution in [2.24, 2.45) is 0 Å². The fourth-order valence-electron chi connectivity index (χ4n) is 1.29. The van der Waals surface area contributed by atoms with E-state index in [0.29, 0.717) is 10.2 Å². The zero-order chi connectivity index (χ0) is 11.6. The van der Waals surface area contributed by atoms with Crippen LogP contribution >= 0.6 is 15.9 Å². The van der Waals surface area contributed by atoms with E-state index in [1.165, 1.54) is 14.2 Å². The van der Waals surface area contributed by atoms with Crippen LogP contribution in [0.4, 0.5) is 0 Å². The smallest absolute Gasteiger partial charge is 0.340 e. The largest absolute Gasteiger partial charge is 0.493 e. The number of benzene rings is 1. The van der Waals surface area contributed by atoms with Crippen LogP contribution < -0.4 is 9.47 Å². The van der Waals surface area contributed by atoms with Gasteiger partial charge in [0.2, 0.25) is 0 Å². The highest BCUT2D eigenvalue weighted by atomic mass is 79.9. The third kappa shape index (κ3) is 2.07. The standard InChI is InChI=1S/C10H11BrO4/c1-5-4-6(14-2)9(15-3)7(8(5)11)10(12)13/h4H,1-3H3,(H,12,13). The van der Waals surface area contributed by atoms with E-state index in [1.54, 1.807) is 13.0 Å². The van der Waals surface area contributed by atoms with Crippen LogP contribution in [0, 0.1) is 6.92 Å². The van der Waals surface area contributed by atoms with Crippen molar-refractivity contribution in [3.8, 4) is 11.5 Å². The van der Waals surface area contributed by atoms with Crippen molar-refractivity contribution in [1.29, 1.82) is 0 Å². The lowest BCUT2D eigenvalue weighted by atomic mass is 10.1. The van der Waals surface area contributed by atoms with E-state index in [0.717, 1.165) is 5.56 Å². The van der Waals surface area contributed by atoms with Crippen molar-refractivity contribution in [1.82, 2.24) is 0 Å². The number of carbonyl (C=O) groups is 1. The number of carboxylic acid groups (broad SMARTS) is 1. The lowest BCUT2D eigenvalue weighted by Gasteiger charge is -2.13. The number of aromatic carboxylic acids is 1. The molecule has 0 saturated carbocycles. The van der Waals surface area contributed by atoms with E-state index >= 15 is 0 Å². The van der Waals surface area contributed by atoms with Gasteiger partial charge in [-0.05, 0) is 34.5 Å². The van der Waals surface area contributed by atoms with Gasteiger partial charge in [0.25, 0.3) is 0 Å². The van der Waals surface area contributed by atoms with Gasteiger partial charge in [-0.15, -0.1) is 0 Å². The van der Waals surface area contributed by atoms with Gasteiger partial charge in [0.15, 0.2) is 11.5 Å². The van der Waals surface area contributed by atoms with Gasteiger partial charge in [-0.3, -0.25) is 0 Å². The molecule has 0 fully saturated rings. The fourth-order valence-corrected chi connectivity index (χ4v) is 1.75. The van der Waals surface area contributed by atoms with Crippen molar-refractivity contribution in [2.45, 2.75) is 6.92 Å². The fraction of sp³-hybridized carbons (Fsp3) is 0.300. The second kappa shape index (κ2) is 4.53. The van der Waals surface area contributed by atoms with E-state index in [1.807, 2.05) is 0 Å². The monoisotopic (exact) mass is 274 g/mol. The Morgan fingerprint density at radius 3 is 2.40 bits per heavy atom. The number of ether oxygens (including phenoxy) is 2. The van der Waals surface area contributed by atoms with Crippen molar-refractivity contribution in [3.05, 3.63) is 21.7 Å². The molecule has 1 aromatic rings. The lowest BCUT2D eigenvalue weighted by molar-refractivity contribution is 0.0691. The molecule has 82 valence electrons. The molecule has 0 aliphatic carbocycles. The molecule has 0 aromatic heterocycles. The average molecular weight is 275 g/mol. The molecule has 1 rings (SSSR count). The maximum atomic E-state index is 11.1. The Hall–Kier alpha value is -1.23. The molecule has 1 N–H and O–H groups in total. The van der Waals surface area contributed by atoms with Crippen molar-refractivity contribution < 1.29 is 19.4 Å². The SMILES string of the molecule is COc1cc(C)c(Br)c(C(=O)O)c1OC. The quantitative estimate of drug-likeness (QED) is 0.920. The molecule has 0 amide bonds. The number of carboxylic acids is 1. The summed E-state index contributed by atoms with van der Waals surface area (Å²) in [5.41, 5.74) is 0.861. The van der Waals surface area contributed by atoms with Crippen molar-refractivity contribution >= 4 is 21.9 Å². The Morgan fingerprint density at radius 1 is 1.40 bits per heavy atom. The predicted octanol–water partition coefficient (Wildman–Crippen LogP) is 2.47. The summed E-state index contributed by atoms with van der Waals surface area (Å²) in [5.74, 6) is -0.418. The van der Waals surface area contributed by atoms with E-state index in [-0.39, 0.29) is 11.3 Å². The molecular formula is C10H11BrO4. The summed E-state index contributed by atoms with van der Waals surface area (Å²) in [6.45, 7) is 1.79. The first-order valence-electron chi connectivity index (χ1n) is 4.17. The summed E-state index contributed by atoms with van der Waals surface area (Å²) < 4.78 is 10.6. The van der Waals surface area contributed by atoms with Crippen molar-refractivity contribution in [2.75, 3.05) is 14.2 Å². The first kappa shape index (κ1) is 11.8. The van der Waals surface area contributed by atoms with Crippen LogP contribution in [0.2, 0.25) is 0 Å². The number of rotatable bonds is 3. The Kier molecular flexibility index (Phi) is 3.57. The van der Waals surface area contributed by atoms with Gasteiger partial charge in [0.05, 0.1) is 14.2 Å². The van der Waals surface area contributed by atoms with Crippen LogP contribution in [0.1, 0.15) is 15.9 Å². The Balaban J connectivity index is 3.56. The molecular weight excluding hydrogens is 264 g/mol. The molecule has 0 radical (unpaired) electrons. The molecule has 4 nitrogen and oxygen atoms in total. The van der Waals surface area contributed by atoms with Crippen LogP contribution in [0.3, 0.4) is 0 Å². The number of hydrogen-bond donors (Lipinski definition) is 1. The van der Waals surface area contributed by atoms with Gasteiger partial charge in [0.1, 0.15) is 5.56 Å². The van der Waals surface area contributed by atoms with Gasteiger partial charge in [-0.2, -0.15) is 0 Å². The molecule has 0 unspecified atom stereocenters. The minimum Gasteiger partial charge on any atom is -0.493 e. The van der Waals surface area contributed by atoms with Crippen LogP contribution in [0.5, 0.6) is 11.5 Å². The van der Waals surface area contributed by atoms with Crippen LogP contribution in [-0.2, 0) is 0 Å². The molecule has 0 aliphatic rings. The maximum Gasteiger partial charge on any atom is 0.340 e. The van der Waals surface area contributed by atoms with Gasteiger partial charge >= 0.3 is 5.97 Å². The van der Waals surface area contributed by atoms with Gasteiger partial charge in [-0.25, -0.2) is 4.79 Å². The first-order chi connectivity index (χ1) is 7.02. The number of hydrogen-bond acceptors (Lipinski definition) is 3. The molecule has 0 aliphatic heterocycles. The predicted molar refractivity (Wildman–Crippen MR) is 58.9 cm³/mol. The van der Waals surface area contributed by atoms with Crippen LogP contribution in [0.25, 0.3) is 0 Å². The summed E-state index contributed by atoms with van der Waals surface area (Å²) >= 11 is 3.22. The number of aryl methyl sites for hydroxylation is 1. The second-order valence-electron chi connectivity index (χ2n) is 2.92. The Bertz CT molecular complexity index is 401. The van der Waals surface area contributed by atoms with E-state index in [4.69, 9.17) is 14.6 Å². The average Bonchev–Trinajstić information content (AvgIpc) is 2.20. The summed E-state index contributed by atoms with van der Waals surface area (Å²) in [5, 5.41) is 9.06. The molecule has 0 saturated heterocycles. The molecule has 0 bridgehead atoms. The third-order valence-corrected chi connectivity index (χ3v) is 3.02. The minimum atomic E-state index is -1.05. The molecule has 0 heterocycles. The van der Waals surface area contributed by atoms with Gasteiger partial charge < -0.3 is 14.6 Å². The van der Waals surface area contributed by atoms with Crippen LogP contribution in [-0.4, -0.2) is 25.3 Å². The summed E-state index contributed by atoms with van der Waals surface area (Å²) in [4.78, 5) is 11.1. The number of halogens is 1. The normalized spacial score (nSPS) is 9.87. The molecule has 1 aromatic carbocycles. The summed E-state index contributed by atoms with van der Waals surface area (Å²) in [6, 6.07) is 1.72. The molecule has 0 atom stereocenters. The summed E-state index contributed by atoms with van der Waals surface area (Å²) in [6.07, 6.45) is 0. The minimum absolute atomic E-state index is 0.0781. The van der Waals surface area contributed by atoms with E-state index in [2.05, 4.69) is 15.9 Å². The zero-order valence-electron chi connectivity index (χ0n) is 8.63. The lowest BCUT2D eigenvalue weighted by Crippen LogP contribution is -2.05. The van der Waals surface area contributed by atoms with E-state index in [9.17, 15) is 4.79 Å².